The van der Waals surface area contributed by atoms with Crippen LogP contribution in [0, 0.1) is 12.7 Å². The Morgan fingerprint density at radius 3 is 2.50 bits per heavy atom. The Bertz CT molecular complexity index is 477. The van der Waals surface area contributed by atoms with E-state index in [0.29, 0.717) is 0 Å². The van der Waals surface area contributed by atoms with Crippen molar-refractivity contribution >= 4 is 10.9 Å². The molecule has 0 unspecified atom stereocenters. The minimum atomic E-state index is -0.196. The summed E-state index contributed by atoms with van der Waals surface area (Å²) in [6.07, 6.45) is 0.906. The monoisotopic (exact) mass is 219 g/mol. The average molecular weight is 219 g/mol. The molecule has 2 heteroatoms. The van der Waals surface area contributed by atoms with Gasteiger partial charge >= 0.3 is 0 Å². The van der Waals surface area contributed by atoms with Crippen molar-refractivity contribution in [2.45, 2.75) is 34.1 Å². The van der Waals surface area contributed by atoms with Crippen molar-refractivity contribution in [1.29, 1.82) is 0 Å². The molecular weight excluding hydrogens is 201 g/mol. The van der Waals surface area contributed by atoms with Gasteiger partial charge in [0.1, 0.15) is 5.82 Å². The first-order chi connectivity index (χ1) is 7.70. The third-order valence-electron chi connectivity index (χ3n) is 2.37. The Morgan fingerprint density at radius 2 is 1.88 bits per heavy atom. The topological polar surface area (TPSA) is 12.9 Å². The Labute approximate surface area is 96.3 Å². The summed E-state index contributed by atoms with van der Waals surface area (Å²) >= 11 is 0. The molecule has 0 saturated carbocycles. The van der Waals surface area contributed by atoms with Crippen LogP contribution < -0.4 is 0 Å². The average Bonchev–Trinajstić information content (AvgIpc) is 2.31. The maximum atomic E-state index is 13.0. The van der Waals surface area contributed by atoms with Crippen LogP contribution in [0.25, 0.3) is 10.9 Å². The van der Waals surface area contributed by atoms with Crippen molar-refractivity contribution < 1.29 is 4.39 Å². The molecule has 86 valence electrons. The zero-order valence-electron chi connectivity index (χ0n) is 10.3. The number of fused-ring (bicyclic) bond motifs is 1. The van der Waals surface area contributed by atoms with Crippen molar-refractivity contribution in [2.24, 2.45) is 0 Å². The van der Waals surface area contributed by atoms with Gasteiger partial charge in [0.15, 0.2) is 0 Å². The first-order valence-corrected chi connectivity index (χ1v) is 5.76. The largest absolute Gasteiger partial charge is 0.253 e. The van der Waals surface area contributed by atoms with Gasteiger partial charge in [0.05, 0.1) is 5.52 Å². The van der Waals surface area contributed by atoms with Gasteiger partial charge in [-0.1, -0.05) is 20.8 Å². The van der Waals surface area contributed by atoms with Crippen LogP contribution in [-0.2, 0) is 6.42 Å². The van der Waals surface area contributed by atoms with Gasteiger partial charge < -0.3 is 0 Å². The van der Waals surface area contributed by atoms with Crippen molar-refractivity contribution in [3.63, 3.8) is 0 Å². The van der Waals surface area contributed by atoms with Crippen LogP contribution in [0.3, 0.4) is 0 Å². The van der Waals surface area contributed by atoms with Crippen molar-refractivity contribution in [1.82, 2.24) is 4.98 Å². The molecule has 0 aliphatic carbocycles. The summed E-state index contributed by atoms with van der Waals surface area (Å²) in [5, 5.41) is 0.929. The molecule has 1 aromatic carbocycles. The second-order valence-electron chi connectivity index (χ2n) is 3.44. The summed E-state index contributed by atoms with van der Waals surface area (Å²) in [6, 6.07) is 6.76. The second-order valence-corrected chi connectivity index (χ2v) is 3.44. The zero-order valence-corrected chi connectivity index (χ0v) is 10.3. The summed E-state index contributed by atoms with van der Waals surface area (Å²) in [4.78, 5) is 4.36. The van der Waals surface area contributed by atoms with Gasteiger partial charge in [0.2, 0.25) is 0 Å². The quantitative estimate of drug-likeness (QED) is 0.698. The number of hydrogen-bond donors (Lipinski definition) is 0. The molecule has 1 nitrogen and oxygen atoms in total. The van der Waals surface area contributed by atoms with E-state index in [1.165, 1.54) is 6.07 Å². The van der Waals surface area contributed by atoms with E-state index < -0.39 is 0 Å². The Balaban J connectivity index is 0.000000606. The first kappa shape index (κ1) is 12.6. The SMILES string of the molecule is CC.CCc1cc(C)nc2ccc(F)cc12. The molecule has 16 heavy (non-hydrogen) atoms. The molecule has 0 spiro atoms. The van der Waals surface area contributed by atoms with E-state index in [9.17, 15) is 4.39 Å². The predicted molar refractivity (Wildman–Crippen MR) is 67.2 cm³/mol. The van der Waals surface area contributed by atoms with Crippen LogP contribution >= 0.6 is 0 Å². The number of hydrogen-bond acceptors (Lipinski definition) is 1. The summed E-state index contributed by atoms with van der Waals surface area (Å²) in [7, 11) is 0. The van der Waals surface area contributed by atoms with Gasteiger partial charge in [-0.25, -0.2) is 4.39 Å². The fourth-order valence-electron chi connectivity index (χ4n) is 1.71. The van der Waals surface area contributed by atoms with Crippen LogP contribution in [0.4, 0.5) is 4.39 Å². The van der Waals surface area contributed by atoms with Gasteiger partial charge in [-0.3, -0.25) is 4.98 Å². The summed E-state index contributed by atoms with van der Waals surface area (Å²) < 4.78 is 13.0. The summed E-state index contributed by atoms with van der Waals surface area (Å²) in [6.45, 7) is 8.03. The number of halogens is 1. The van der Waals surface area contributed by atoms with Gasteiger partial charge in [-0.15, -0.1) is 0 Å². The minimum absolute atomic E-state index is 0.196. The predicted octanol–water partition coefficient (Wildman–Crippen LogP) is 4.27. The number of pyridine rings is 1. The van der Waals surface area contributed by atoms with Crippen molar-refractivity contribution in [3.05, 3.63) is 41.3 Å². The van der Waals surface area contributed by atoms with Crippen LogP contribution in [-0.4, -0.2) is 4.98 Å². The van der Waals surface area contributed by atoms with E-state index in [2.05, 4.69) is 11.9 Å². The lowest BCUT2D eigenvalue weighted by molar-refractivity contribution is 0.629. The molecule has 0 atom stereocenters. The lowest BCUT2D eigenvalue weighted by atomic mass is 10.1. The lowest BCUT2D eigenvalue weighted by Gasteiger charge is -2.05. The molecule has 2 aromatic rings. The lowest BCUT2D eigenvalue weighted by Crippen LogP contribution is -1.91. The van der Waals surface area contributed by atoms with Crippen LogP contribution in [0.2, 0.25) is 0 Å². The maximum Gasteiger partial charge on any atom is 0.123 e. The molecule has 1 aromatic heterocycles. The van der Waals surface area contributed by atoms with E-state index in [4.69, 9.17) is 0 Å². The molecule has 0 aliphatic heterocycles. The Hall–Kier alpha value is -1.44. The van der Waals surface area contributed by atoms with Gasteiger partial charge in [-0.2, -0.15) is 0 Å². The first-order valence-electron chi connectivity index (χ1n) is 5.76. The molecule has 1 heterocycles. The fraction of sp³-hybridized carbons (Fsp3) is 0.357. The summed E-state index contributed by atoms with van der Waals surface area (Å²) in [5.41, 5.74) is 3.02. The van der Waals surface area contributed by atoms with E-state index in [1.807, 2.05) is 26.8 Å². The molecule has 2 rings (SSSR count). The number of nitrogens with zero attached hydrogens (tertiary/aromatic N) is 1. The number of rotatable bonds is 1. The molecule has 0 fully saturated rings. The van der Waals surface area contributed by atoms with Crippen molar-refractivity contribution in [2.75, 3.05) is 0 Å². The van der Waals surface area contributed by atoms with Crippen molar-refractivity contribution in [3.8, 4) is 0 Å². The van der Waals surface area contributed by atoms with Crippen LogP contribution in [0.1, 0.15) is 32.0 Å². The third kappa shape index (κ3) is 2.57. The molecular formula is C14H18FN. The highest BCUT2D eigenvalue weighted by Gasteiger charge is 2.03. The van der Waals surface area contributed by atoms with Crippen LogP contribution in [0.5, 0.6) is 0 Å². The molecule has 0 N–H and O–H groups in total. The molecule has 0 bridgehead atoms. The van der Waals surface area contributed by atoms with Crippen LogP contribution in [0.15, 0.2) is 24.3 Å². The smallest absolute Gasteiger partial charge is 0.123 e. The van der Waals surface area contributed by atoms with E-state index in [1.54, 1.807) is 12.1 Å². The standard InChI is InChI=1S/C12H12FN.C2H6/c1-3-9-6-8(2)14-12-5-4-10(13)7-11(9)12;1-2/h4-7H,3H2,1-2H3;1-2H3. The molecule has 0 aliphatic rings. The molecule has 0 radical (unpaired) electrons. The number of aryl methyl sites for hydroxylation is 2. The van der Waals surface area contributed by atoms with E-state index in [0.717, 1.165) is 28.6 Å². The van der Waals surface area contributed by atoms with E-state index >= 15 is 0 Å². The highest BCUT2D eigenvalue weighted by Crippen LogP contribution is 2.19. The van der Waals surface area contributed by atoms with Gasteiger partial charge in [-0.05, 0) is 43.2 Å². The molecule has 0 amide bonds. The zero-order chi connectivity index (χ0) is 12.1. The minimum Gasteiger partial charge on any atom is -0.253 e. The third-order valence-corrected chi connectivity index (χ3v) is 2.37. The number of benzene rings is 1. The molecule has 0 saturated heterocycles. The number of aromatic nitrogens is 1. The normalized spacial score (nSPS) is 9.81. The summed E-state index contributed by atoms with van der Waals surface area (Å²) in [5.74, 6) is -0.196. The van der Waals surface area contributed by atoms with E-state index in [-0.39, 0.29) is 5.82 Å². The highest BCUT2D eigenvalue weighted by molar-refractivity contribution is 5.82. The second kappa shape index (κ2) is 5.59. The van der Waals surface area contributed by atoms with Gasteiger partial charge in [0.25, 0.3) is 0 Å². The fourth-order valence-corrected chi connectivity index (χ4v) is 1.71. The van der Waals surface area contributed by atoms with Gasteiger partial charge in [0, 0.05) is 11.1 Å². The Kier molecular flexibility index (Phi) is 4.41. The highest BCUT2D eigenvalue weighted by atomic mass is 19.1. The maximum absolute atomic E-state index is 13.0. The Morgan fingerprint density at radius 1 is 1.19 bits per heavy atom.